The maximum atomic E-state index is 12.4. The first-order valence-corrected chi connectivity index (χ1v) is 10.9. The lowest BCUT2D eigenvalue weighted by molar-refractivity contribution is 0.0695. The molecule has 0 saturated carbocycles. The molecule has 4 aromatic carbocycles. The summed E-state index contributed by atoms with van der Waals surface area (Å²) >= 11 is 0. The molecule has 0 amide bonds. The highest BCUT2D eigenvalue weighted by molar-refractivity contribution is 5.91. The van der Waals surface area contributed by atoms with Crippen LogP contribution in [0, 0.1) is 0 Å². The molecule has 2 nitrogen and oxygen atoms in total. The van der Waals surface area contributed by atoms with Crippen LogP contribution in [0.2, 0.25) is 0 Å². The minimum absolute atomic E-state index is 0.0155. The lowest BCUT2D eigenvalue weighted by atomic mass is 9.52. The summed E-state index contributed by atoms with van der Waals surface area (Å²) in [7, 11) is 0. The Labute approximate surface area is 180 Å². The summed E-state index contributed by atoms with van der Waals surface area (Å²) in [5.74, 6) is -0.472. The quantitative estimate of drug-likeness (QED) is 0.410. The number of aromatic carboxylic acids is 1. The standard InChI is InChI=1S/C29H20O2/c30-29(31)23-15-7-14-22-26-20-12-5-6-13-21(20)28(27(22)23)25-18-10-3-1-8-16(18)24(26)17-9-2-4-11-19(17)25/h1-15,24-26,28H,(H,30,31). The molecule has 0 heterocycles. The van der Waals surface area contributed by atoms with E-state index in [4.69, 9.17) is 0 Å². The van der Waals surface area contributed by atoms with Crippen LogP contribution in [0.1, 0.15) is 78.5 Å². The summed E-state index contributed by atoms with van der Waals surface area (Å²) in [5.41, 5.74) is 10.8. The first kappa shape index (κ1) is 17.1. The van der Waals surface area contributed by atoms with E-state index in [0.29, 0.717) is 5.56 Å². The molecule has 4 bridgehead atoms. The molecule has 0 spiro atoms. The average molecular weight is 400 g/mol. The van der Waals surface area contributed by atoms with Gasteiger partial charge in [-0.05, 0) is 50.6 Å². The Balaban J connectivity index is 1.69. The van der Waals surface area contributed by atoms with Crippen molar-refractivity contribution in [3.63, 3.8) is 0 Å². The fourth-order valence-corrected chi connectivity index (χ4v) is 6.70. The van der Waals surface area contributed by atoms with Gasteiger partial charge in [-0.2, -0.15) is 0 Å². The van der Waals surface area contributed by atoms with E-state index in [1.807, 2.05) is 6.07 Å². The van der Waals surface area contributed by atoms with Gasteiger partial charge in [0.2, 0.25) is 0 Å². The van der Waals surface area contributed by atoms with Crippen LogP contribution in [0.5, 0.6) is 0 Å². The molecular formula is C29H20O2. The average Bonchev–Trinajstić information content (AvgIpc) is 2.79. The Morgan fingerprint density at radius 1 is 0.484 bits per heavy atom. The second-order valence-corrected chi connectivity index (χ2v) is 8.91. The Kier molecular flexibility index (Phi) is 3.28. The predicted molar refractivity (Wildman–Crippen MR) is 120 cm³/mol. The summed E-state index contributed by atoms with van der Waals surface area (Å²) in [4.78, 5) is 12.4. The molecule has 0 radical (unpaired) electrons. The molecule has 148 valence electrons. The van der Waals surface area contributed by atoms with Crippen molar-refractivity contribution >= 4 is 5.97 Å². The first-order chi connectivity index (χ1) is 15.3. The van der Waals surface area contributed by atoms with E-state index in [1.54, 1.807) is 6.07 Å². The van der Waals surface area contributed by atoms with E-state index in [9.17, 15) is 9.90 Å². The minimum atomic E-state index is -0.835. The van der Waals surface area contributed by atoms with Gasteiger partial charge in [0.05, 0.1) is 5.56 Å². The number of rotatable bonds is 1. The third kappa shape index (κ3) is 2.05. The molecule has 6 aliphatic rings. The fourth-order valence-electron chi connectivity index (χ4n) is 6.70. The third-order valence-corrected chi connectivity index (χ3v) is 7.68. The summed E-state index contributed by atoms with van der Waals surface area (Å²) in [6.07, 6.45) is 0. The molecule has 6 aliphatic carbocycles. The largest absolute Gasteiger partial charge is 0.478 e. The van der Waals surface area contributed by atoms with Crippen molar-refractivity contribution in [3.05, 3.63) is 141 Å². The molecule has 4 aromatic rings. The normalized spacial score (nSPS) is 23.7. The Bertz CT molecular complexity index is 1350. The monoisotopic (exact) mass is 400 g/mol. The minimum Gasteiger partial charge on any atom is -0.478 e. The van der Waals surface area contributed by atoms with Crippen molar-refractivity contribution < 1.29 is 9.90 Å². The Morgan fingerprint density at radius 2 is 0.839 bits per heavy atom. The molecule has 2 unspecified atom stereocenters. The van der Waals surface area contributed by atoms with Crippen molar-refractivity contribution in [2.45, 2.75) is 23.7 Å². The second-order valence-electron chi connectivity index (χ2n) is 8.91. The third-order valence-electron chi connectivity index (χ3n) is 7.68. The smallest absolute Gasteiger partial charge is 0.335 e. The summed E-state index contributed by atoms with van der Waals surface area (Å²) in [5, 5.41) is 10.1. The number of carboxylic acid groups (broad SMARTS) is 1. The number of benzene rings is 4. The van der Waals surface area contributed by atoms with Gasteiger partial charge in [0.25, 0.3) is 0 Å². The molecule has 31 heavy (non-hydrogen) atoms. The lowest BCUT2D eigenvalue weighted by Crippen LogP contribution is -2.36. The second kappa shape index (κ2) is 5.95. The molecule has 2 heteroatoms. The highest BCUT2D eigenvalue weighted by Crippen LogP contribution is 2.64. The fraction of sp³-hybridized carbons (Fsp3) is 0.138. The van der Waals surface area contributed by atoms with Gasteiger partial charge in [0, 0.05) is 23.7 Å². The summed E-state index contributed by atoms with van der Waals surface area (Å²) in [6, 6.07) is 32.2. The summed E-state index contributed by atoms with van der Waals surface area (Å²) < 4.78 is 0. The maximum Gasteiger partial charge on any atom is 0.335 e. The first-order valence-electron chi connectivity index (χ1n) is 10.9. The number of hydrogen-bond donors (Lipinski definition) is 1. The maximum absolute atomic E-state index is 12.4. The van der Waals surface area contributed by atoms with Crippen molar-refractivity contribution in [2.75, 3.05) is 0 Å². The Morgan fingerprint density at radius 3 is 1.29 bits per heavy atom. The zero-order valence-corrected chi connectivity index (χ0v) is 16.8. The van der Waals surface area contributed by atoms with E-state index >= 15 is 0 Å². The van der Waals surface area contributed by atoms with Crippen LogP contribution in [0.4, 0.5) is 0 Å². The highest BCUT2D eigenvalue weighted by atomic mass is 16.4. The van der Waals surface area contributed by atoms with Crippen LogP contribution in [-0.4, -0.2) is 11.1 Å². The predicted octanol–water partition coefficient (Wildman–Crippen LogP) is 6.25. The molecule has 1 N–H and O–H groups in total. The molecular weight excluding hydrogens is 380 g/mol. The number of carboxylic acids is 1. The van der Waals surface area contributed by atoms with Crippen LogP contribution in [0.15, 0.2) is 91.0 Å². The van der Waals surface area contributed by atoms with Gasteiger partial charge >= 0.3 is 5.97 Å². The summed E-state index contributed by atoms with van der Waals surface area (Å²) in [6.45, 7) is 0. The topological polar surface area (TPSA) is 37.3 Å². The van der Waals surface area contributed by atoms with Gasteiger partial charge < -0.3 is 5.11 Å². The molecule has 0 fully saturated rings. The zero-order valence-electron chi connectivity index (χ0n) is 16.8. The van der Waals surface area contributed by atoms with Crippen molar-refractivity contribution in [3.8, 4) is 0 Å². The number of hydrogen-bond acceptors (Lipinski definition) is 1. The van der Waals surface area contributed by atoms with E-state index in [1.165, 1.54) is 38.9 Å². The number of carbonyl (C=O) groups is 1. The van der Waals surface area contributed by atoms with Gasteiger partial charge in [-0.3, -0.25) is 0 Å². The molecule has 0 saturated heterocycles. The molecule has 0 aliphatic heterocycles. The van der Waals surface area contributed by atoms with E-state index in [0.717, 1.165) is 5.56 Å². The SMILES string of the molecule is O=C(O)c1cccc2c1C1c3ccccc3C2C2c3ccccc3C1c1ccccc12. The van der Waals surface area contributed by atoms with Crippen LogP contribution in [0.25, 0.3) is 0 Å². The van der Waals surface area contributed by atoms with Gasteiger partial charge in [-0.15, -0.1) is 0 Å². The van der Waals surface area contributed by atoms with Gasteiger partial charge in [0.15, 0.2) is 0 Å². The highest BCUT2D eigenvalue weighted by Gasteiger charge is 2.50. The zero-order chi connectivity index (χ0) is 20.7. The van der Waals surface area contributed by atoms with Crippen LogP contribution in [0.3, 0.4) is 0 Å². The van der Waals surface area contributed by atoms with Gasteiger partial charge in [-0.25, -0.2) is 4.79 Å². The van der Waals surface area contributed by atoms with Crippen molar-refractivity contribution in [2.24, 2.45) is 0 Å². The lowest BCUT2D eigenvalue weighted by Gasteiger charge is -2.50. The van der Waals surface area contributed by atoms with Crippen LogP contribution < -0.4 is 0 Å². The van der Waals surface area contributed by atoms with E-state index in [-0.39, 0.29) is 23.7 Å². The van der Waals surface area contributed by atoms with Crippen LogP contribution in [-0.2, 0) is 0 Å². The van der Waals surface area contributed by atoms with Crippen molar-refractivity contribution in [1.82, 2.24) is 0 Å². The van der Waals surface area contributed by atoms with Crippen molar-refractivity contribution in [1.29, 1.82) is 0 Å². The Hall–Kier alpha value is -3.65. The molecule has 10 rings (SSSR count). The van der Waals surface area contributed by atoms with Gasteiger partial charge in [-0.1, -0.05) is 84.9 Å². The van der Waals surface area contributed by atoms with E-state index in [2.05, 4.69) is 78.9 Å². The van der Waals surface area contributed by atoms with E-state index < -0.39 is 5.97 Å². The molecule has 2 atom stereocenters. The van der Waals surface area contributed by atoms with Gasteiger partial charge in [0.1, 0.15) is 0 Å². The van der Waals surface area contributed by atoms with Crippen LogP contribution >= 0.6 is 0 Å². The molecule has 0 aromatic heterocycles.